The third-order valence-electron chi connectivity index (χ3n) is 2.69. The van der Waals surface area contributed by atoms with E-state index in [4.69, 9.17) is 0 Å². The average molecular weight is 206 g/mol. The van der Waals surface area contributed by atoms with E-state index in [9.17, 15) is 5.11 Å². The summed E-state index contributed by atoms with van der Waals surface area (Å²) in [6.45, 7) is 8.59. The third kappa shape index (κ3) is 3.26. The molecule has 1 aromatic rings. The van der Waals surface area contributed by atoms with Gasteiger partial charge in [-0.2, -0.15) is 0 Å². The van der Waals surface area contributed by atoms with Gasteiger partial charge in [0.25, 0.3) is 0 Å². The fourth-order valence-electron chi connectivity index (χ4n) is 1.72. The lowest BCUT2D eigenvalue weighted by atomic mass is 9.85. The van der Waals surface area contributed by atoms with Gasteiger partial charge < -0.3 is 5.11 Å². The van der Waals surface area contributed by atoms with E-state index in [0.29, 0.717) is 5.75 Å². The molecule has 84 valence electrons. The standard InChI is InChI=1S/C14H22O/c1-5-6-7-11-8-9-13(15)12(10-11)14(2,3)4/h8-10,15H,5-7H2,1-4H3. The molecule has 1 nitrogen and oxygen atoms in total. The highest BCUT2D eigenvalue weighted by Crippen LogP contribution is 2.31. The van der Waals surface area contributed by atoms with Gasteiger partial charge in [-0.25, -0.2) is 0 Å². The van der Waals surface area contributed by atoms with Gasteiger partial charge in [0.1, 0.15) is 5.75 Å². The van der Waals surface area contributed by atoms with Crippen molar-refractivity contribution in [3.63, 3.8) is 0 Å². The molecule has 1 N–H and O–H groups in total. The van der Waals surface area contributed by atoms with Crippen molar-refractivity contribution in [3.8, 4) is 5.75 Å². The maximum atomic E-state index is 9.80. The Hall–Kier alpha value is -0.980. The largest absolute Gasteiger partial charge is 0.508 e. The molecule has 1 aromatic carbocycles. The molecule has 0 aliphatic heterocycles. The second-order valence-corrected chi connectivity index (χ2v) is 5.21. The van der Waals surface area contributed by atoms with Gasteiger partial charge in [0.05, 0.1) is 0 Å². The van der Waals surface area contributed by atoms with E-state index >= 15 is 0 Å². The molecule has 0 saturated carbocycles. The predicted molar refractivity (Wildman–Crippen MR) is 65.4 cm³/mol. The predicted octanol–water partition coefficient (Wildman–Crippen LogP) is 4.03. The van der Waals surface area contributed by atoms with Gasteiger partial charge in [-0.15, -0.1) is 0 Å². The van der Waals surface area contributed by atoms with E-state index in [1.807, 2.05) is 12.1 Å². The van der Waals surface area contributed by atoms with Gasteiger partial charge in [-0.1, -0.05) is 46.2 Å². The maximum absolute atomic E-state index is 9.80. The summed E-state index contributed by atoms with van der Waals surface area (Å²) in [6, 6.07) is 6.00. The second-order valence-electron chi connectivity index (χ2n) is 5.21. The zero-order valence-electron chi connectivity index (χ0n) is 10.3. The van der Waals surface area contributed by atoms with E-state index in [0.717, 1.165) is 12.0 Å². The van der Waals surface area contributed by atoms with Gasteiger partial charge in [0, 0.05) is 0 Å². The lowest BCUT2D eigenvalue weighted by Gasteiger charge is -2.21. The van der Waals surface area contributed by atoms with Crippen LogP contribution in [-0.4, -0.2) is 5.11 Å². The van der Waals surface area contributed by atoms with Gasteiger partial charge in [0.2, 0.25) is 0 Å². The molecule has 0 fully saturated rings. The Balaban J connectivity index is 2.95. The minimum absolute atomic E-state index is 0.0201. The minimum atomic E-state index is 0.0201. The average Bonchev–Trinajstić information content (AvgIpc) is 2.15. The Morgan fingerprint density at radius 2 is 1.87 bits per heavy atom. The highest BCUT2D eigenvalue weighted by atomic mass is 16.3. The van der Waals surface area contributed by atoms with Crippen LogP contribution in [0.2, 0.25) is 0 Å². The molecule has 1 rings (SSSR count). The SMILES string of the molecule is CCCCc1ccc(O)c(C(C)(C)C)c1. The van der Waals surface area contributed by atoms with Crippen molar-refractivity contribution < 1.29 is 5.11 Å². The Morgan fingerprint density at radius 3 is 2.40 bits per heavy atom. The Morgan fingerprint density at radius 1 is 1.20 bits per heavy atom. The minimum Gasteiger partial charge on any atom is -0.508 e. The number of phenolic OH excluding ortho intramolecular Hbond substituents is 1. The van der Waals surface area contributed by atoms with Crippen LogP contribution >= 0.6 is 0 Å². The summed E-state index contributed by atoms with van der Waals surface area (Å²) in [5, 5.41) is 9.80. The van der Waals surface area contributed by atoms with Crippen molar-refractivity contribution >= 4 is 0 Å². The Labute approximate surface area is 93.1 Å². The molecule has 0 heterocycles. The highest BCUT2D eigenvalue weighted by molar-refractivity contribution is 5.40. The van der Waals surface area contributed by atoms with Crippen molar-refractivity contribution in [3.05, 3.63) is 29.3 Å². The highest BCUT2D eigenvalue weighted by Gasteiger charge is 2.17. The molecule has 0 aromatic heterocycles. The summed E-state index contributed by atoms with van der Waals surface area (Å²) in [6.07, 6.45) is 3.54. The zero-order chi connectivity index (χ0) is 11.5. The van der Waals surface area contributed by atoms with E-state index in [1.54, 1.807) is 0 Å². The van der Waals surface area contributed by atoms with Crippen molar-refractivity contribution in [2.45, 2.75) is 52.4 Å². The summed E-state index contributed by atoms with van der Waals surface area (Å²) in [5.74, 6) is 0.419. The van der Waals surface area contributed by atoms with Gasteiger partial charge in [0.15, 0.2) is 0 Å². The fraction of sp³-hybridized carbons (Fsp3) is 0.571. The number of hydrogen-bond donors (Lipinski definition) is 1. The number of benzene rings is 1. The number of aryl methyl sites for hydroxylation is 1. The summed E-state index contributed by atoms with van der Waals surface area (Å²) < 4.78 is 0. The molecule has 0 amide bonds. The number of unbranched alkanes of at least 4 members (excludes halogenated alkanes) is 1. The van der Waals surface area contributed by atoms with E-state index in [-0.39, 0.29) is 5.41 Å². The molecule has 0 radical (unpaired) electrons. The lowest BCUT2D eigenvalue weighted by molar-refractivity contribution is 0.446. The fourth-order valence-corrected chi connectivity index (χ4v) is 1.72. The summed E-state index contributed by atoms with van der Waals surface area (Å²) >= 11 is 0. The maximum Gasteiger partial charge on any atom is 0.119 e. The van der Waals surface area contributed by atoms with Crippen LogP contribution in [0.5, 0.6) is 5.75 Å². The quantitative estimate of drug-likeness (QED) is 0.791. The monoisotopic (exact) mass is 206 g/mol. The smallest absolute Gasteiger partial charge is 0.119 e. The molecule has 0 unspecified atom stereocenters. The zero-order valence-corrected chi connectivity index (χ0v) is 10.3. The number of hydrogen-bond acceptors (Lipinski definition) is 1. The topological polar surface area (TPSA) is 20.2 Å². The molecule has 0 atom stereocenters. The van der Waals surface area contributed by atoms with E-state index < -0.39 is 0 Å². The van der Waals surface area contributed by atoms with Crippen LogP contribution in [-0.2, 0) is 11.8 Å². The van der Waals surface area contributed by atoms with Gasteiger partial charge in [-0.3, -0.25) is 0 Å². The first-order valence-electron chi connectivity index (χ1n) is 5.77. The van der Waals surface area contributed by atoms with Crippen LogP contribution in [0.15, 0.2) is 18.2 Å². The van der Waals surface area contributed by atoms with Crippen LogP contribution in [0, 0.1) is 0 Å². The van der Waals surface area contributed by atoms with Crippen LogP contribution in [0.4, 0.5) is 0 Å². The summed E-state index contributed by atoms with van der Waals surface area (Å²) in [7, 11) is 0. The second kappa shape index (κ2) is 4.69. The van der Waals surface area contributed by atoms with Crippen molar-refractivity contribution in [1.29, 1.82) is 0 Å². The molecule has 1 heteroatoms. The summed E-state index contributed by atoms with van der Waals surface area (Å²) in [5.41, 5.74) is 2.41. The van der Waals surface area contributed by atoms with Crippen molar-refractivity contribution in [1.82, 2.24) is 0 Å². The van der Waals surface area contributed by atoms with Crippen molar-refractivity contribution in [2.75, 3.05) is 0 Å². The van der Waals surface area contributed by atoms with E-state index in [2.05, 4.69) is 33.8 Å². The molecule has 0 spiro atoms. The Kier molecular flexibility index (Phi) is 3.78. The Bertz CT molecular complexity index is 321. The van der Waals surface area contributed by atoms with Gasteiger partial charge in [-0.05, 0) is 35.4 Å². The molecular weight excluding hydrogens is 184 g/mol. The first kappa shape index (κ1) is 12.1. The van der Waals surface area contributed by atoms with E-state index in [1.165, 1.54) is 18.4 Å². The third-order valence-corrected chi connectivity index (χ3v) is 2.69. The normalized spacial score (nSPS) is 11.7. The number of aromatic hydroxyl groups is 1. The molecule has 0 saturated heterocycles. The molecule has 15 heavy (non-hydrogen) atoms. The first-order valence-corrected chi connectivity index (χ1v) is 5.77. The number of rotatable bonds is 3. The number of phenols is 1. The lowest BCUT2D eigenvalue weighted by Crippen LogP contribution is -2.11. The first-order chi connectivity index (χ1) is 6.95. The van der Waals surface area contributed by atoms with Crippen LogP contribution in [0.1, 0.15) is 51.7 Å². The molecule has 0 aliphatic rings. The van der Waals surface area contributed by atoms with Crippen LogP contribution in [0.25, 0.3) is 0 Å². The summed E-state index contributed by atoms with van der Waals surface area (Å²) in [4.78, 5) is 0. The van der Waals surface area contributed by atoms with Crippen LogP contribution in [0.3, 0.4) is 0 Å². The van der Waals surface area contributed by atoms with Crippen LogP contribution < -0.4 is 0 Å². The molecule has 0 aliphatic carbocycles. The molecule has 0 bridgehead atoms. The van der Waals surface area contributed by atoms with Gasteiger partial charge >= 0.3 is 0 Å². The van der Waals surface area contributed by atoms with Crippen molar-refractivity contribution in [2.24, 2.45) is 0 Å². The molecular formula is C14H22O.